The summed E-state index contributed by atoms with van der Waals surface area (Å²) in [6, 6.07) is 15.7. The molecule has 0 saturated heterocycles. The summed E-state index contributed by atoms with van der Waals surface area (Å²) in [4.78, 5) is 2.25. The number of benzene rings is 2. The van der Waals surface area contributed by atoms with E-state index in [4.69, 9.17) is 0 Å². The minimum absolute atomic E-state index is 1.13. The van der Waals surface area contributed by atoms with Gasteiger partial charge in [0, 0.05) is 0 Å². The summed E-state index contributed by atoms with van der Waals surface area (Å²) in [5.41, 5.74) is 7.29. The van der Waals surface area contributed by atoms with Crippen molar-refractivity contribution in [3.8, 4) is 0 Å². The van der Waals surface area contributed by atoms with Crippen LogP contribution in [0.4, 0.5) is 0 Å². The molecule has 0 bridgehead atoms. The minimum atomic E-state index is 1.13. The van der Waals surface area contributed by atoms with E-state index in [1.54, 1.807) is 0 Å². The van der Waals surface area contributed by atoms with E-state index in [1.807, 2.05) is 0 Å². The average Bonchev–Trinajstić information content (AvgIpc) is 2.47. The quantitative estimate of drug-likeness (QED) is 0.722. The van der Waals surface area contributed by atoms with E-state index in [0.29, 0.717) is 0 Å². The molecule has 1 nitrogen and oxygen atoms in total. The lowest BCUT2D eigenvalue weighted by Crippen LogP contribution is -2.13. The Morgan fingerprint density at radius 3 is 2.00 bits per heavy atom. The number of rotatable bonds is 7. The molecule has 0 radical (unpaired) electrons. The monoisotopic (exact) mass is 295 g/mol. The van der Waals surface area contributed by atoms with Crippen molar-refractivity contribution in [3.63, 3.8) is 0 Å². The van der Waals surface area contributed by atoms with E-state index < -0.39 is 0 Å². The second kappa shape index (κ2) is 8.14. The van der Waals surface area contributed by atoms with Crippen molar-refractivity contribution in [2.45, 2.75) is 39.5 Å². The van der Waals surface area contributed by atoms with Gasteiger partial charge in [-0.25, -0.2) is 0 Å². The molecule has 22 heavy (non-hydrogen) atoms. The standard InChI is InChI=1S/C21H29N/c1-17-8-5-9-18(2)21(17)14-13-20-11-6-10-19(16-20)12-7-15-22(3)4/h5-6,8-11,16H,7,12-15H2,1-4H3. The first-order valence-electron chi connectivity index (χ1n) is 8.34. The van der Waals surface area contributed by atoms with Crippen molar-refractivity contribution in [2.75, 3.05) is 20.6 Å². The maximum atomic E-state index is 2.39. The fraction of sp³-hybridized carbons (Fsp3) is 0.429. The molecule has 1 heteroatoms. The lowest BCUT2D eigenvalue weighted by Gasteiger charge is -2.11. The highest BCUT2D eigenvalue weighted by atomic mass is 15.0. The molecule has 0 heterocycles. The highest BCUT2D eigenvalue weighted by molar-refractivity contribution is 5.34. The molecule has 0 amide bonds. The first-order chi connectivity index (χ1) is 10.6. The number of nitrogens with zero attached hydrogens (tertiary/aromatic N) is 1. The first-order valence-corrected chi connectivity index (χ1v) is 8.34. The fourth-order valence-electron chi connectivity index (χ4n) is 3.05. The number of hydrogen-bond donors (Lipinski definition) is 0. The van der Waals surface area contributed by atoms with E-state index in [-0.39, 0.29) is 0 Å². The van der Waals surface area contributed by atoms with Crippen LogP contribution < -0.4 is 0 Å². The predicted octanol–water partition coefficient (Wildman–Crippen LogP) is 4.58. The zero-order valence-corrected chi connectivity index (χ0v) is 14.5. The van der Waals surface area contributed by atoms with Gasteiger partial charge in [0.05, 0.1) is 0 Å². The molecule has 118 valence electrons. The molecule has 0 aromatic heterocycles. The summed E-state index contributed by atoms with van der Waals surface area (Å²) in [7, 11) is 4.28. The van der Waals surface area contributed by atoms with Crippen LogP contribution in [-0.2, 0) is 19.3 Å². The molecule has 2 aromatic rings. The van der Waals surface area contributed by atoms with Gasteiger partial charge in [-0.1, -0.05) is 42.5 Å². The van der Waals surface area contributed by atoms with Gasteiger partial charge in [-0.15, -0.1) is 0 Å². The van der Waals surface area contributed by atoms with Crippen molar-refractivity contribution in [1.29, 1.82) is 0 Å². The predicted molar refractivity (Wildman–Crippen MR) is 96.6 cm³/mol. The van der Waals surface area contributed by atoms with Crippen LogP contribution in [0.3, 0.4) is 0 Å². The van der Waals surface area contributed by atoms with Crippen LogP contribution in [0.15, 0.2) is 42.5 Å². The molecule has 0 N–H and O–H groups in total. The van der Waals surface area contributed by atoms with Gasteiger partial charge in [-0.05, 0) is 88.0 Å². The summed E-state index contributed by atoms with van der Waals surface area (Å²) < 4.78 is 0. The molecule has 0 unspecified atom stereocenters. The Balaban J connectivity index is 1.96. The van der Waals surface area contributed by atoms with E-state index in [1.165, 1.54) is 40.7 Å². The van der Waals surface area contributed by atoms with Crippen LogP contribution in [-0.4, -0.2) is 25.5 Å². The molecule has 0 aliphatic rings. The molecular formula is C21H29N. The maximum absolute atomic E-state index is 2.39. The van der Waals surface area contributed by atoms with Gasteiger partial charge >= 0.3 is 0 Å². The van der Waals surface area contributed by atoms with Gasteiger partial charge in [0.1, 0.15) is 0 Å². The summed E-state index contributed by atoms with van der Waals surface area (Å²) >= 11 is 0. The number of aryl methyl sites for hydroxylation is 4. The Kier molecular flexibility index (Phi) is 6.21. The summed E-state index contributed by atoms with van der Waals surface area (Å²) in [6.07, 6.45) is 4.68. The van der Waals surface area contributed by atoms with E-state index in [2.05, 4.69) is 75.3 Å². The molecule has 0 spiro atoms. The topological polar surface area (TPSA) is 3.24 Å². The fourth-order valence-corrected chi connectivity index (χ4v) is 3.05. The lowest BCUT2D eigenvalue weighted by molar-refractivity contribution is 0.400. The minimum Gasteiger partial charge on any atom is -0.309 e. The van der Waals surface area contributed by atoms with E-state index in [0.717, 1.165) is 19.4 Å². The SMILES string of the molecule is Cc1cccc(C)c1CCc1cccc(CCCN(C)C)c1. The van der Waals surface area contributed by atoms with Crippen LogP contribution in [0.1, 0.15) is 34.2 Å². The molecule has 0 saturated carbocycles. The largest absolute Gasteiger partial charge is 0.309 e. The molecule has 0 atom stereocenters. The van der Waals surface area contributed by atoms with Crippen molar-refractivity contribution in [1.82, 2.24) is 4.90 Å². The van der Waals surface area contributed by atoms with Gasteiger partial charge in [-0.2, -0.15) is 0 Å². The highest BCUT2D eigenvalue weighted by Gasteiger charge is 2.03. The first kappa shape index (κ1) is 16.8. The van der Waals surface area contributed by atoms with Crippen molar-refractivity contribution in [3.05, 3.63) is 70.3 Å². The highest BCUT2D eigenvalue weighted by Crippen LogP contribution is 2.17. The summed E-state index contributed by atoms with van der Waals surface area (Å²) in [5.74, 6) is 0. The Morgan fingerprint density at radius 1 is 0.773 bits per heavy atom. The van der Waals surface area contributed by atoms with Crippen molar-refractivity contribution < 1.29 is 0 Å². The van der Waals surface area contributed by atoms with Crippen LogP contribution in [0.2, 0.25) is 0 Å². The van der Waals surface area contributed by atoms with Gasteiger partial charge in [0.15, 0.2) is 0 Å². The van der Waals surface area contributed by atoms with Crippen molar-refractivity contribution in [2.24, 2.45) is 0 Å². The normalized spacial score (nSPS) is 11.1. The third-order valence-electron chi connectivity index (χ3n) is 4.37. The van der Waals surface area contributed by atoms with Crippen LogP contribution in [0.25, 0.3) is 0 Å². The lowest BCUT2D eigenvalue weighted by atomic mass is 9.95. The zero-order chi connectivity index (χ0) is 15.9. The Hall–Kier alpha value is -1.60. The molecule has 2 aromatic carbocycles. The second-order valence-corrected chi connectivity index (χ2v) is 6.60. The van der Waals surface area contributed by atoms with Gasteiger partial charge in [0.25, 0.3) is 0 Å². The Bertz CT molecular complexity index is 578. The Morgan fingerprint density at radius 2 is 1.36 bits per heavy atom. The summed E-state index contributed by atoms with van der Waals surface area (Å²) in [6.45, 7) is 5.60. The molecule has 0 fully saturated rings. The van der Waals surface area contributed by atoms with E-state index >= 15 is 0 Å². The number of hydrogen-bond acceptors (Lipinski definition) is 1. The van der Waals surface area contributed by atoms with Crippen LogP contribution >= 0.6 is 0 Å². The van der Waals surface area contributed by atoms with Gasteiger partial charge < -0.3 is 4.90 Å². The molecule has 0 aliphatic carbocycles. The maximum Gasteiger partial charge on any atom is -0.00217 e. The Labute approximate surface area is 136 Å². The third kappa shape index (κ3) is 4.99. The van der Waals surface area contributed by atoms with E-state index in [9.17, 15) is 0 Å². The van der Waals surface area contributed by atoms with Crippen molar-refractivity contribution >= 4 is 0 Å². The zero-order valence-electron chi connectivity index (χ0n) is 14.5. The molecular weight excluding hydrogens is 266 g/mol. The third-order valence-corrected chi connectivity index (χ3v) is 4.37. The average molecular weight is 295 g/mol. The molecule has 2 rings (SSSR count). The smallest absolute Gasteiger partial charge is 0.00217 e. The summed E-state index contributed by atoms with van der Waals surface area (Å²) in [5, 5.41) is 0. The van der Waals surface area contributed by atoms with Crippen LogP contribution in [0.5, 0.6) is 0 Å². The second-order valence-electron chi connectivity index (χ2n) is 6.60. The molecule has 0 aliphatic heterocycles. The van der Waals surface area contributed by atoms with Gasteiger partial charge in [-0.3, -0.25) is 0 Å². The van der Waals surface area contributed by atoms with Crippen LogP contribution in [0, 0.1) is 13.8 Å². The van der Waals surface area contributed by atoms with Gasteiger partial charge in [0.2, 0.25) is 0 Å².